The summed E-state index contributed by atoms with van der Waals surface area (Å²) < 4.78 is 32.8. The predicted molar refractivity (Wildman–Crippen MR) is 114 cm³/mol. The first-order chi connectivity index (χ1) is 14.1. The lowest BCUT2D eigenvalue weighted by molar-refractivity contribution is 0.112. The van der Waals surface area contributed by atoms with Crippen molar-refractivity contribution in [2.75, 3.05) is 12.4 Å². The zero-order valence-corrected chi connectivity index (χ0v) is 16.4. The van der Waals surface area contributed by atoms with Crippen LogP contribution in [0.15, 0.2) is 71.1 Å². The second kappa shape index (κ2) is 9.77. The quantitative estimate of drug-likeness (QED) is 0.300. The number of carbonyl (C=O) groups is 1. The van der Waals surface area contributed by atoms with E-state index in [1.807, 2.05) is 36.4 Å². The van der Waals surface area contributed by atoms with Crippen molar-refractivity contribution in [3.63, 3.8) is 0 Å². The fourth-order valence-corrected chi connectivity index (χ4v) is 2.91. The van der Waals surface area contributed by atoms with Crippen LogP contribution >= 0.6 is 0 Å². The summed E-state index contributed by atoms with van der Waals surface area (Å²) in [5, 5.41) is 3.14. The summed E-state index contributed by atoms with van der Waals surface area (Å²) in [6, 6.07) is 18.5. The molecule has 0 heterocycles. The first-order valence-electron chi connectivity index (χ1n) is 8.65. The molecule has 3 rings (SSSR count). The molecule has 0 saturated carbocycles. The summed E-state index contributed by atoms with van der Waals surface area (Å²) >= 11 is 0. The van der Waals surface area contributed by atoms with Gasteiger partial charge in [-0.1, -0.05) is 41.2 Å². The van der Waals surface area contributed by atoms with E-state index in [1.54, 1.807) is 30.3 Å². The van der Waals surface area contributed by atoms with E-state index in [-0.39, 0.29) is 5.82 Å². The Bertz CT molecular complexity index is 1100. The van der Waals surface area contributed by atoms with Gasteiger partial charge in [-0.2, -0.15) is 0 Å². The van der Waals surface area contributed by atoms with Crippen molar-refractivity contribution in [3.05, 3.63) is 89.2 Å². The minimum Gasteiger partial charge on any atom is -0.441 e. The minimum atomic E-state index is -1.69. The third-order valence-corrected chi connectivity index (χ3v) is 4.66. The highest BCUT2D eigenvalue weighted by molar-refractivity contribution is 7.69. The van der Waals surface area contributed by atoms with Crippen molar-refractivity contribution >= 4 is 46.4 Å². The molecule has 7 heteroatoms. The number of rotatable bonds is 7. The molecular weight excluding hydrogens is 391 g/mol. The molecule has 0 aliphatic carbocycles. The highest BCUT2D eigenvalue weighted by Crippen LogP contribution is 2.23. The molecule has 0 spiro atoms. The number of anilines is 2. The molecule has 29 heavy (non-hydrogen) atoms. The second-order valence-electron chi connectivity index (χ2n) is 6.00. The molecule has 0 bridgehead atoms. The summed E-state index contributed by atoms with van der Waals surface area (Å²) in [4.78, 5) is 11.3. The Labute approximate surface area is 170 Å². The van der Waals surface area contributed by atoms with Crippen LogP contribution in [0, 0.1) is 5.82 Å². The van der Waals surface area contributed by atoms with Crippen molar-refractivity contribution in [1.29, 1.82) is 0 Å². The van der Waals surface area contributed by atoms with Crippen LogP contribution in [0.25, 0.3) is 12.2 Å². The fraction of sp³-hybridized carbons (Fsp3) is 0.0455. The zero-order valence-electron chi connectivity index (χ0n) is 15.5. The van der Waals surface area contributed by atoms with Gasteiger partial charge in [0, 0.05) is 29.7 Å². The Kier molecular flexibility index (Phi) is 6.89. The van der Waals surface area contributed by atoms with E-state index in [2.05, 4.69) is 13.9 Å². The zero-order chi connectivity index (χ0) is 20.6. The van der Waals surface area contributed by atoms with Gasteiger partial charge in [-0.25, -0.2) is 4.39 Å². The Morgan fingerprint density at radius 2 is 1.62 bits per heavy atom. The fourth-order valence-electron chi connectivity index (χ4n) is 2.54. The summed E-state index contributed by atoms with van der Waals surface area (Å²) in [6.07, 6.45) is 4.59. The highest BCUT2D eigenvalue weighted by Gasteiger charge is 2.03. The maximum Gasteiger partial charge on any atom is 0.152 e. The third-order valence-electron chi connectivity index (χ3n) is 4.01. The number of nitrogens with zero attached hydrogens (tertiary/aromatic N) is 1. The van der Waals surface area contributed by atoms with E-state index in [1.165, 1.54) is 19.2 Å². The van der Waals surface area contributed by atoms with Crippen LogP contribution in [0.3, 0.4) is 0 Å². The lowest BCUT2D eigenvalue weighted by atomic mass is 10.1. The molecule has 148 valence electrons. The van der Waals surface area contributed by atoms with Crippen molar-refractivity contribution in [1.82, 2.24) is 0 Å². The van der Waals surface area contributed by atoms with E-state index in [0.29, 0.717) is 22.6 Å². The monoisotopic (exact) mass is 409 g/mol. The number of benzene rings is 3. The lowest BCUT2D eigenvalue weighted by Crippen LogP contribution is -1.96. The molecule has 0 atom stereocenters. The topological polar surface area (TPSA) is 67.8 Å². The second-order valence-corrected chi connectivity index (χ2v) is 6.95. The standard InChI is InChI=1S/C22H18FN2O3S/c1-28-29(27)25-21-10-5-16(6-11-21)2-3-17-4-7-18(15-26)22(14-17)24-20-12-8-19(23)9-13-20/h2-15,24H,1H3/q-1/b3-2+. The largest absolute Gasteiger partial charge is 0.441 e. The normalized spacial score (nSPS) is 12.2. The number of nitrogens with one attached hydrogen (secondary N) is 1. The van der Waals surface area contributed by atoms with Crippen LogP contribution in [0.5, 0.6) is 0 Å². The average Bonchev–Trinajstić information content (AvgIpc) is 2.75. The number of hydrogen-bond donors (Lipinski definition) is 1. The highest BCUT2D eigenvalue weighted by atomic mass is 32.2. The van der Waals surface area contributed by atoms with Gasteiger partial charge in [-0.3, -0.25) is 4.79 Å². The van der Waals surface area contributed by atoms with Crippen LogP contribution in [0.4, 0.5) is 21.5 Å². The van der Waals surface area contributed by atoms with Crippen molar-refractivity contribution in [2.24, 2.45) is 4.36 Å². The summed E-state index contributed by atoms with van der Waals surface area (Å²) in [5.41, 5.74) is 4.19. The van der Waals surface area contributed by atoms with Gasteiger partial charge in [-0.15, -0.1) is 0 Å². The van der Waals surface area contributed by atoms with Crippen LogP contribution in [0.2, 0.25) is 0 Å². The van der Waals surface area contributed by atoms with Crippen molar-refractivity contribution < 1.29 is 17.6 Å². The Morgan fingerprint density at radius 3 is 2.28 bits per heavy atom. The molecular formula is C22H18FN2O3S-. The SMILES string of the molecule is CO[S-](=O)=Nc1ccc(/C=C/c2ccc(C=O)c(Nc3ccc(F)cc3)c2)cc1. The number of hydrogen-bond acceptors (Lipinski definition) is 6. The van der Waals surface area contributed by atoms with E-state index >= 15 is 0 Å². The molecule has 0 fully saturated rings. The Morgan fingerprint density at radius 1 is 0.966 bits per heavy atom. The van der Waals surface area contributed by atoms with E-state index in [9.17, 15) is 13.4 Å². The van der Waals surface area contributed by atoms with Gasteiger partial charge in [0.15, 0.2) is 6.29 Å². The molecule has 5 nitrogen and oxygen atoms in total. The summed E-state index contributed by atoms with van der Waals surface area (Å²) in [7, 11) is -0.366. The van der Waals surface area contributed by atoms with Crippen LogP contribution < -0.4 is 5.32 Å². The summed E-state index contributed by atoms with van der Waals surface area (Å²) in [5.74, 6) is -0.324. The van der Waals surface area contributed by atoms with E-state index in [4.69, 9.17) is 0 Å². The van der Waals surface area contributed by atoms with Crippen molar-refractivity contribution in [3.8, 4) is 0 Å². The molecule has 0 aliphatic heterocycles. The number of aldehydes is 1. The lowest BCUT2D eigenvalue weighted by Gasteiger charge is -2.10. The molecule has 0 aliphatic rings. The minimum absolute atomic E-state index is 0.324. The van der Waals surface area contributed by atoms with Gasteiger partial charge in [0.1, 0.15) is 5.82 Å². The molecule has 3 aromatic carbocycles. The number of halogens is 1. The van der Waals surface area contributed by atoms with Crippen LogP contribution in [0.1, 0.15) is 21.5 Å². The van der Waals surface area contributed by atoms with Crippen LogP contribution in [-0.2, 0) is 19.3 Å². The predicted octanol–water partition coefficient (Wildman–Crippen LogP) is 5.89. The maximum absolute atomic E-state index is 13.1. The van der Waals surface area contributed by atoms with Crippen LogP contribution in [-0.4, -0.2) is 13.4 Å². The van der Waals surface area contributed by atoms with E-state index < -0.39 is 10.9 Å². The maximum atomic E-state index is 13.1. The average molecular weight is 409 g/mol. The summed E-state index contributed by atoms with van der Waals surface area (Å²) in [6.45, 7) is 0. The molecule has 0 amide bonds. The molecule has 3 aromatic rings. The smallest absolute Gasteiger partial charge is 0.152 e. The van der Waals surface area contributed by atoms with Gasteiger partial charge in [0.2, 0.25) is 0 Å². The molecule has 0 saturated heterocycles. The molecule has 1 N–H and O–H groups in total. The first kappa shape index (κ1) is 20.4. The number of carbonyl (C=O) groups excluding carboxylic acids is 1. The van der Waals surface area contributed by atoms with Gasteiger partial charge in [0.25, 0.3) is 0 Å². The Balaban J connectivity index is 1.79. The molecule has 0 unspecified atom stereocenters. The first-order valence-corrected chi connectivity index (χ1v) is 9.68. The van der Waals surface area contributed by atoms with Gasteiger partial charge < -0.3 is 18.1 Å². The van der Waals surface area contributed by atoms with E-state index in [0.717, 1.165) is 17.4 Å². The van der Waals surface area contributed by atoms with Crippen molar-refractivity contribution in [2.45, 2.75) is 0 Å². The van der Waals surface area contributed by atoms with Gasteiger partial charge in [0.05, 0.1) is 0 Å². The van der Waals surface area contributed by atoms with Gasteiger partial charge in [-0.05, 0) is 59.7 Å². The molecule has 0 aromatic heterocycles. The third kappa shape index (κ3) is 5.84. The molecule has 0 radical (unpaired) electrons. The Hall–Kier alpha value is -3.29. The van der Waals surface area contributed by atoms with Gasteiger partial charge >= 0.3 is 0 Å².